The number of sulfonamides is 1. The van der Waals surface area contributed by atoms with Crippen molar-refractivity contribution in [3.8, 4) is 0 Å². The van der Waals surface area contributed by atoms with Crippen molar-refractivity contribution < 1.29 is 8.42 Å². The molecule has 1 aliphatic carbocycles. The van der Waals surface area contributed by atoms with Crippen LogP contribution in [-0.2, 0) is 10.0 Å². The van der Waals surface area contributed by atoms with Crippen molar-refractivity contribution in [3.05, 3.63) is 84.2 Å². The molecule has 1 heterocycles. The Morgan fingerprint density at radius 2 is 1.68 bits per heavy atom. The van der Waals surface area contributed by atoms with Gasteiger partial charge in [0.15, 0.2) is 5.16 Å². The fourth-order valence-corrected chi connectivity index (χ4v) is 6.16. The third-order valence-electron chi connectivity index (χ3n) is 4.88. The minimum atomic E-state index is -3.68. The molecule has 1 aliphatic rings. The molecule has 3 aromatic carbocycles. The molecule has 0 aliphatic heterocycles. The summed E-state index contributed by atoms with van der Waals surface area (Å²) in [6, 6.07) is 20.1. The van der Waals surface area contributed by atoms with Gasteiger partial charge in [0.1, 0.15) is 6.33 Å². The lowest BCUT2D eigenvalue weighted by Crippen LogP contribution is -2.30. The van der Waals surface area contributed by atoms with E-state index in [0.29, 0.717) is 5.16 Å². The van der Waals surface area contributed by atoms with Crippen LogP contribution in [0.3, 0.4) is 0 Å². The van der Waals surface area contributed by atoms with Crippen LogP contribution in [0.25, 0.3) is 10.8 Å². The molecule has 2 N–H and O–H groups in total. The van der Waals surface area contributed by atoms with Crippen LogP contribution in [0.2, 0.25) is 0 Å². The molecule has 4 aromatic rings. The maximum atomic E-state index is 13.1. The summed E-state index contributed by atoms with van der Waals surface area (Å²) in [5, 5.41) is 9.47. The van der Waals surface area contributed by atoms with Gasteiger partial charge in [-0.2, -0.15) is 5.10 Å². The fraction of sp³-hybridized carbons (Fsp3) is 0.100. The monoisotopic (exact) mass is 408 g/mol. The lowest BCUT2D eigenvalue weighted by Gasteiger charge is -2.22. The third-order valence-corrected chi connectivity index (χ3v) is 7.54. The Balaban J connectivity index is 1.61. The van der Waals surface area contributed by atoms with Gasteiger partial charge in [0.2, 0.25) is 10.0 Å². The second kappa shape index (κ2) is 6.73. The zero-order valence-corrected chi connectivity index (χ0v) is 16.2. The summed E-state index contributed by atoms with van der Waals surface area (Å²) in [6.07, 6.45) is 1.45. The van der Waals surface area contributed by atoms with Crippen LogP contribution in [0, 0.1) is 0 Å². The Kier molecular flexibility index (Phi) is 4.19. The topological polar surface area (TPSA) is 87.7 Å². The largest absolute Gasteiger partial charge is 0.254 e. The zero-order chi connectivity index (χ0) is 19.1. The van der Waals surface area contributed by atoms with Crippen molar-refractivity contribution in [2.75, 3.05) is 0 Å². The Morgan fingerprint density at radius 3 is 2.39 bits per heavy atom. The van der Waals surface area contributed by atoms with Crippen LogP contribution < -0.4 is 4.72 Å². The number of H-pyrrole nitrogens is 1. The molecule has 8 heteroatoms. The molecular formula is C20H16N4O2S2. The Labute approximate surface area is 166 Å². The van der Waals surface area contributed by atoms with Gasteiger partial charge < -0.3 is 0 Å². The summed E-state index contributed by atoms with van der Waals surface area (Å²) in [5.41, 5.74) is 2.07. The number of nitrogens with zero attached hydrogens (tertiary/aromatic N) is 2. The molecule has 0 fully saturated rings. The molecule has 0 amide bonds. The summed E-state index contributed by atoms with van der Waals surface area (Å²) in [5.74, 6) is 0. The van der Waals surface area contributed by atoms with E-state index in [9.17, 15) is 8.42 Å². The second-order valence-corrected chi connectivity index (χ2v) is 9.38. The lowest BCUT2D eigenvalue weighted by atomic mass is 10.1. The van der Waals surface area contributed by atoms with E-state index in [-0.39, 0.29) is 10.1 Å². The molecule has 0 unspecified atom stereocenters. The van der Waals surface area contributed by atoms with Crippen LogP contribution in [0.15, 0.2) is 83.1 Å². The van der Waals surface area contributed by atoms with E-state index in [2.05, 4.69) is 26.0 Å². The van der Waals surface area contributed by atoms with Gasteiger partial charge in [-0.15, -0.1) is 0 Å². The van der Waals surface area contributed by atoms with E-state index < -0.39 is 16.1 Å². The quantitative estimate of drug-likeness (QED) is 0.524. The van der Waals surface area contributed by atoms with Crippen molar-refractivity contribution in [3.63, 3.8) is 0 Å². The molecule has 0 radical (unpaired) electrons. The van der Waals surface area contributed by atoms with Gasteiger partial charge >= 0.3 is 0 Å². The molecule has 2 atom stereocenters. The van der Waals surface area contributed by atoms with Gasteiger partial charge in [-0.25, -0.2) is 18.1 Å². The van der Waals surface area contributed by atoms with Crippen LogP contribution in [0.5, 0.6) is 0 Å². The van der Waals surface area contributed by atoms with Crippen molar-refractivity contribution in [1.82, 2.24) is 19.9 Å². The summed E-state index contributed by atoms with van der Waals surface area (Å²) in [7, 11) is -3.68. The van der Waals surface area contributed by atoms with Crippen LogP contribution in [0.1, 0.15) is 22.4 Å². The first-order valence-corrected chi connectivity index (χ1v) is 11.1. The van der Waals surface area contributed by atoms with E-state index in [1.165, 1.54) is 18.1 Å². The molecule has 0 saturated carbocycles. The number of benzene rings is 3. The van der Waals surface area contributed by atoms with Crippen molar-refractivity contribution in [2.45, 2.75) is 21.3 Å². The van der Waals surface area contributed by atoms with Crippen LogP contribution >= 0.6 is 11.8 Å². The number of hydrogen-bond donors (Lipinski definition) is 2. The van der Waals surface area contributed by atoms with Crippen molar-refractivity contribution in [1.29, 1.82) is 0 Å². The van der Waals surface area contributed by atoms with Gasteiger partial charge in [0, 0.05) is 0 Å². The molecule has 6 nitrogen and oxygen atoms in total. The predicted octanol–water partition coefficient (Wildman–Crippen LogP) is 3.82. The van der Waals surface area contributed by atoms with Gasteiger partial charge in [0.05, 0.1) is 16.2 Å². The summed E-state index contributed by atoms with van der Waals surface area (Å²) in [4.78, 5) is 4.47. The average Bonchev–Trinajstić information content (AvgIpc) is 3.33. The van der Waals surface area contributed by atoms with E-state index in [4.69, 9.17) is 0 Å². The smallest absolute Gasteiger partial charge is 0.241 e. The lowest BCUT2D eigenvalue weighted by molar-refractivity contribution is 0.557. The van der Waals surface area contributed by atoms with Gasteiger partial charge in [-0.3, -0.25) is 5.10 Å². The number of thioether (sulfide) groups is 1. The molecular weight excluding hydrogens is 392 g/mol. The van der Waals surface area contributed by atoms with E-state index >= 15 is 0 Å². The molecule has 5 rings (SSSR count). The minimum absolute atomic E-state index is 0.160. The number of rotatable bonds is 5. The first kappa shape index (κ1) is 17.4. The first-order chi connectivity index (χ1) is 13.6. The normalized spacial score (nSPS) is 18.6. The highest BCUT2D eigenvalue weighted by Crippen LogP contribution is 2.52. The van der Waals surface area contributed by atoms with E-state index in [0.717, 1.165) is 21.9 Å². The molecule has 1 aromatic heterocycles. The SMILES string of the molecule is O=S(=O)(N[C@H]1c2cccc3cccc(c23)[C@H]1Sc1ncn[nH]1)c1ccccc1. The standard InChI is InChI=1S/C20H16N4O2S2/c25-28(26,14-8-2-1-3-9-14)24-18-15-10-4-6-13-7-5-11-16(17(13)15)19(18)27-20-21-12-22-23-20/h1-12,18-19,24H,(H,21,22,23)/t18-,19+/m0/s1. The highest BCUT2D eigenvalue weighted by Gasteiger charge is 2.38. The molecule has 0 spiro atoms. The second-order valence-electron chi connectivity index (χ2n) is 6.53. The average molecular weight is 409 g/mol. The first-order valence-electron chi connectivity index (χ1n) is 8.74. The number of nitrogens with one attached hydrogen (secondary N) is 2. The van der Waals surface area contributed by atoms with Gasteiger partial charge in [0.25, 0.3) is 0 Å². The molecule has 28 heavy (non-hydrogen) atoms. The van der Waals surface area contributed by atoms with Crippen molar-refractivity contribution in [2.24, 2.45) is 0 Å². The Morgan fingerprint density at radius 1 is 0.929 bits per heavy atom. The van der Waals surface area contributed by atoms with Gasteiger partial charge in [-0.1, -0.05) is 66.4 Å². The summed E-state index contributed by atoms with van der Waals surface area (Å²) in [6.45, 7) is 0. The summed E-state index contributed by atoms with van der Waals surface area (Å²) >= 11 is 1.48. The Bertz CT molecular complexity index is 1240. The highest BCUT2D eigenvalue weighted by molar-refractivity contribution is 7.99. The van der Waals surface area contributed by atoms with Crippen LogP contribution in [-0.4, -0.2) is 23.6 Å². The van der Waals surface area contributed by atoms with E-state index in [1.807, 2.05) is 30.3 Å². The minimum Gasteiger partial charge on any atom is -0.254 e. The molecule has 140 valence electrons. The maximum Gasteiger partial charge on any atom is 0.241 e. The van der Waals surface area contributed by atoms with Gasteiger partial charge in [-0.05, 0) is 34.0 Å². The molecule has 0 bridgehead atoms. The highest BCUT2D eigenvalue weighted by atomic mass is 32.2. The number of aromatic amines is 1. The Hall–Kier alpha value is -2.68. The zero-order valence-electron chi connectivity index (χ0n) is 14.6. The summed E-state index contributed by atoms with van der Waals surface area (Å²) < 4.78 is 29.0. The third kappa shape index (κ3) is 2.90. The number of hydrogen-bond acceptors (Lipinski definition) is 5. The fourth-order valence-electron chi connectivity index (χ4n) is 3.70. The van der Waals surface area contributed by atoms with E-state index in [1.54, 1.807) is 30.3 Å². The van der Waals surface area contributed by atoms with Crippen LogP contribution in [0.4, 0.5) is 0 Å². The number of aromatic nitrogens is 3. The van der Waals surface area contributed by atoms with Crippen molar-refractivity contribution >= 4 is 32.6 Å². The maximum absolute atomic E-state index is 13.1. The predicted molar refractivity (Wildman–Crippen MR) is 108 cm³/mol. The molecule has 0 saturated heterocycles.